The number of benzene rings is 2. The number of rotatable bonds is 6. The van der Waals surface area contributed by atoms with Crippen molar-refractivity contribution in [1.82, 2.24) is 18.7 Å². The van der Waals surface area contributed by atoms with Crippen molar-refractivity contribution in [1.29, 1.82) is 0 Å². The first-order chi connectivity index (χ1) is 16.0. The van der Waals surface area contributed by atoms with Gasteiger partial charge in [-0.2, -0.15) is 9.06 Å². The topological polar surface area (TPSA) is 105 Å². The molecule has 0 saturated heterocycles. The lowest BCUT2D eigenvalue weighted by molar-refractivity contribution is 0.100. The highest BCUT2D eigenvalue weighted by molar-refractivity contribution is 7.08. The molecule has 1 amide bonds. The molecule has 2 aromatic carbocycles. The second kappa shape index (κ2) is 8.28. The van der Waals surface area contributed by atoms with Crippen molar-refractivity contribution in [2.75, 3.05) is 0 Å². The van der Waals surface area contributed by atoms with Crippen LogP contribution in [0.25, 0.3) is 5.69 Å². The van der Waals surface area contributed by atoms with Crippen LogP contribution in [0.1, 0.15) is 46.0 Å². The van der Waals surface area contributed by atoms with Crippen molar-refractivity contribution < 1.29 is 13.9 Å². The number of amides is 1. The summed E-state index contributed by atoms with van der Waals surface area (Å²) in [6.45, 7) is 1.83. The molecular formula is C23H20FN5O3S. The van der Waals surface area contributed by atoms with Gasteiger partial charge in [-0.05, 0) is 42.1 Å². The number of hydrogen-bond acceptors (Lipinski definition) is 6. The van der Waals surface area contributed by atoms with Crippen molar-refractivity contribution in [2.45, 2.75) is 32.2 Å². The van der Waals surface area contributed by atoms with Crippen molar-refractivity contribution in [3.63, 3.8) is 0 Å². The van der Waals surface area contributed by atoms with E-state index < -0.39 is 11.7 Å². The first kappa shape index (κ1) is 21.1. The molecule has 0 spiro atoms. The van der Waals surface area contributed by atoms with E-state index in [1.54, 1.807) is 10.6 Å². The summed E-state index contributed by atoms with van der Waals surface area (Å²) in [6, 6.07) is 13.9. The Balaban J connectivity index is 1.46. The van der Waals surface area contributed by atoms with Gasteiger partial charge in [-0.25, -0.2) is 9.18 Å². The molecule has 0 aliphatic carbocycles. The summed E-state index contributed by atoms with van der Waals surface area (Å²) in [5.41, 5.74) is 6.92. The Morgan fingerprint density at radius 3 is 2.76 bits per heavy atom. The van der Waals surface area contributed by atoms with E-state index in [-0.39, 0.29) is 28.2 Å². The van der Waals surface area contributed by atoms with Crippen LogP contribution in [0.15, 0.2) is 53.3 Å². The van der Waals surface area contributed by atoms with Gasteiger partial charge >= 0.3 is 5.69 Å². The molecule has 0 bridgehead atoms. The van der Waals surface area contributed by atoms with E-state index in [9.17, 15) is 14.0 Å². The number of hydrogen-bond donors (Lipinski definition) is 1. The Morgan fingerprint density at radius 2 is 2.06 bits per heavy atom. The van der Waals surface area contributed by atoms with Crippen LogP contribution in [0.4, 0.5) is 4.39 Å². The molecule has 0 saturated carbocycles. The Bertz CT molecular complexity index is 1410. The minimum atomic E-state index is -0.678. The van der Waals surface area contributed by atoms with E-state index in [1.807, 2.05) is 37.3 Å². The summed E-state index contributed by atoms with van der Waals surface area (Å²) in [5.74, 6) is -0.536. The Kier molecular flexibility index (Phi) is 5.29. The molecule has 33 heavy (non-hydrogen) atoms. The molecule has 168 valence electrons. The second-order valence-corrected chi connectivity index (χ2v) is 8.45. The third-order valence-corrected chi connectivity index (χ3v) is 6.60. The number of carbonyl (C=O) groups is 1. The number of carbonyl (C=O) groups excluding carboxylic acids is 1. The van der Waals surface area contributed by atoms with Gasteiger partial charge < -0.3 is 10.5 Å². The summed E-state index contributed by atoms with van der Waals surface area (Å²) in [6.07, 6.45) is 1.92. The fourth-order valence-corrected chi connectivity index (χ4v) is 4.90. The molecule has 0 fully saturated rings. The van der Waals surface area contributed by atoms with Gasteiger partial charge in [-0.15, -0.1) is 5.10 Å². The molecule has 3 heterocycles. The maximum atomic E-state index is 14.9. The highest BCUT2D eigenvalue weighted by atomic mass is 32.1. The van der Waals surface area contributed by atoms with Crippen LogP contribution in [0, 0.1) is 5.82 Å². The van der Waals surface area contributed by atoms with E-state index in [0.717, 1.165) is 23.5 Å². The van der Waals surface area contributed by atoms with Crippen LogP contribution < -0.4 is 16.2 Å². The smallest absolute Gasteiger partial charge is 0.351 e. The van der Waals surface area contributed by atoms with Crippen molar-refractivity contribution >= 4 is 17.4 Å². The first-order valence-electron chi connectivity index (χ1n) is 10.5. The highest BCUT2D eigenvalue weighted by Crippen LogP contribution is 2.33. The standard InChI is InChI=1S/C23H20FN5O3S/c1-2-15-20(21(25)30)33-27-22(15)32-18-10-8-14(12-16(18)24)29-23(31)28-17(9-11-19(28)26-29)13-6-4-3-5-7-13/h3-8,10,12,17H,2,9,11H2,1H3,(H2,25,30)/t17-/m0/s1. The van der Waals surface area contributed by atoms with E-state index in [4.69, 9.17) is 10.5 Å². The monoisotopic (exact) mass is 465 g/mol. The second-order valence-electron chi connectivity index (χ2n) is 7.68. The van der Waals surface area contributed by atoms with Gasteiger partial charge in [0.05, 0.1) is 11.7 Å². The molecule has 2 N–H and O–H groups in total. The minimum absolute atomic E-state index is 0.0725. The summed E-state index contributed by atoms with van der Waals surface area (Å²) < 4.78 is 27.5. The quantitative estimate of drug-likeness (QED) is 0.468. The van der Waals surface area contributed by atoms with Crippen LogP contribution in [0.5, 0.6) is 11.6 Å². The zero-order valence-electron chi connectivity index (χ0n) is 17.7. The molecular weight excluding hydrogens is 445 g/mol. The Morgan fingerprint density at radius 1 is 1.27 bits per heavy atom. The van der Waals surface area contributed by atoms with Gasteiger partial charge in [0.15, 0.2) is 11.6 Å². The predicted octanol–water partition coefficient (Wildman–Crippen LogP) is 3.62. The molecule has 2 aromatic heterocycles. The number of fused-ring (bicyclic) bond motifs is 1. The summed E-state index contributed by atoms with van der Waals surface area (Å²) >= 11 is 0.917. The zero-order valence-corrected chi connectivity index (χ0v) is 18.5. The lowest BCUT2D eigenvalue weighted by atomic mass is 10.1. The molecule has 0 radical (unpaired) electrons. The lowest BCUT2D eigenvalue weighted by Crippen LogP contribution is -2.26. The van der Waals surface area contributed by atoms with Crippen LogP contribution in [0.2, 0.25) is 0 Å². The van der Waals surface area contributed by atoms with E-state index in [0.29, 0.717) is 29.9 Å². The molecule has 1 aliphatic rings. The van der Waals surface area contributed by atoms with Crippen molar-refractivity contribution in [3.05, 3.63) is 86.7 Å². The van der Waals surface area contributed by atoms with E-state index >= 15 is 0 Å². The number of ether oxygens (including phenoxy) is 1. The third-order valence-electron chi connectivity index (χ3n) is 5.71. The fourth-order valence-electron chi connectivity index (χ4n) is 4.15. The van der Waals surface area contributed by atoms with Gasteiger partial charge in [0, 0.05) is 18.1 Å². The predicted molar refractivity (Wildman–Crippen MR) is 121 cm³/mol. The molecule has 5 rings (SSSR count). The molecule has 4 aromatic rings. The van der Waals surface area contributed by atoms with Gasteiger partial charge in [0.25, 0.3) is 5.91 Å². The summed E-state index contributed by atoms with van der Waals surface area (Å²) in [4.78, 5) is 25.0. The van der Waals surface area contributed by atoms with E-state index in [1.165, 1.54) is 16.8 Å². The first-order valence-corrected chi connectivity index (χ1v) is 11.3. The van der Waals surface area contributed by atoms with Crippen LogP contribution in [-0.4, -0.2) is 24.6 Å². The zero-order chi connectivity index (χ0) is 23.1. The number of nitrogens with two attached hydrogens (primary N) is 1. The number of aromatic nitrogens is 4. The van der Waals surface area contributed by atoms with Gasteiger partial charge in [0.2, 0.25) is 5.88 Å². The summed E-state index contributed by atoms with van der Waals surface area (Å²) in [7, 11) is 0. The Labute approximate surface area is 192 Å². The fraction of sp³-hybridized carbons (Fsp3) is 0.217. The maximum Gasteiger partial charge on any atom is 0.351 e. The average Bonchev–Trinajstić information content (AvgIpc) is 3.50. The van der Waals surface area contributed by atoms with E-state index in [2.05, 4.69) is 9.47 Å². The highest BCUT2D eigenvalue weighted by Gasteiger charge is 2.29. The molecule has 1 aliphatic heterocycles. The lowest BCUT2D eigenvalue weighted by Gasteiger charge is -2.12. The molecule has 0 unspecified atom stereocenters. The number of primary amides is 1. The van der Waals surface area contributed by atoms with Crippen LogP contribution in [0.3, 0.4) is 0 Å². The summed E-state index contributed by atoms with van der Waals surface area (Å²) in [5, 5.41) is 4.44. The normalized spacial score (nSPS) is 14.9. The van der Waals surface area contributed by atoms with Crippen molar-refractivity contribution in [3.8, 4) is 17.3 Å². The SMILES string of the molecule is CCc1c(Oc2ccc(-n3nc4n(c3=O)[C@H](c3ccccc3)CC4)cc2F)nsc1C(N)=O. The largest absolute Gasteiger partial charge is 0.435 e. The number of halogens is 1. The van der Waals surface area contributed by atoms with Crippen LogP contribution in [-0.2, 0) is 12.8 Å². The Hall–Kier alpha value is -3.79. The average molecular weight is 466 g/mol. The number of aryl methyl sites for hydroxylation is 1. The van der Waals surface area contributed by atoms with Gasteiger partial charge in [0.1, 0.15) is 10.7 Å². The van der Waals surface area contributed by atoms with Gasteiger partial charge in [-0.3, -0.25) is 9.36 Å². The van der Waals surface area contributed by atoms with Crippen LogP contribution >= 0.6 is 11.5 Å². The van der Waals surface area contributed by atoms with Crippen molar-refractivity contribution in [2.24, 2.45) is 5.73 Å². The molecule has 10 heteroatoms. The van der Waals surface area contributed by atoms with Gasteiger partial charge in [-0.1, -0.05) is 37.3 Å². The number of nitrogens with zero attached hydrogens (tertiary/aromatic N) is 4. The molecule has 1 atom stereocenters. The third kappa shape index (κ3) is 3.62. The maximum absolute atomic E-state index is 14.9. The minimum Gasteiger partial charge on any atom is -0.435 e. The molecule has 8 nitrogen and oxygen atoms in total.